The Kier molecular flexibility index (Phi) is 6.99. The summed E-state index contributed by atoms with van der Waals surface area (Å²) in [4.78, 5) is 28.6. The summed E-state index contributed by atoms with van der Waals surface area (Å²) in [7, 11) is 0. The standard InChI is InChI=1S/C10H20N2O6/c1-10(2,3)7-5-4-6-9(18-12(15)16)8-17-11(13)14/h9H,4-8H2,1-3H3. The normalized spacial score (nSPS) is 12.8. The average Bonchev–Trinajstić information content (AvgIpc) is 2.18. The van der Waals surface area contributed by atoms with Crippen molar-refractivity contribution < 1.29 is 19.8 Å². The van der Waals surface area contributed by atoms with E-state index < -0.39 is 22.9 Å². The van der Waals surface area contributed by atoms with Crippen LogP contribution in [0.2, 0.25) is 0 Å². The molecule has 0 rings (SSSR count). The van der Waals surface area contributed by atoms with Crippen molar-refractivity contribution in [3.63, 3.8) is 0 Å². The molecule has 106 valence electrons. The van der Waals surface area contributed by atoms with Gasteiger partial charge in [-0.2, -0.15) is 0 Å². The molecule has 0 aromatic heterocycles. The van der Waals surface area contributed by atoms with Crippen LogP contribution in [0.25, 0.3) is 0 Å². The molecule has 8 heteroatoms. The van der Waals surface area contributed by atoms with Crippen molar-refractivity contribution in [3.05, 3.63) is 20.2 Å². The van der Waals surface area contributed by atoms with Gasteiger partial charge in [-0.25, -0.2) is 0 Å². The fraction of sp³-hybridized carbons (Fsp3) is 1.00. The van der Waals surface area contributed by atoms with E-state index in [4.69, 9.17) is 0 Å². The minimum absolute atomic E-state index is 0.205. The van der Waals surface area contributed by atoms with Crippen molar-refractivity contribution in [2.45, 2.75) is 52.6 Å². The van der Waals surface area contributed by atoms with Gasteiger partial charge in [0.05, 0.1) is 0 Å². The van der Waals surface area contributed by atoms with Crippen molar-refractivity contribution in [1.82, 2.24) is 0 Å². The highest BCUT2D eigenvalue weighted by atomic mass is 17.0. The molecule has 0 saturated carbocycles. The molecule has 0 radical (unpaired) electrons. The summed E-state index contributed by atoms with van der Waals surface area (Å²) in [6.07, 6.45) is 2.06. The van der Waals surface area contributed by atoms with E-state index in [1.54, 1.807) is 0 Å². The van der Waals surface area contributed by atoms with Gasteiger partial charge in [0.15, 0.2) is 0 Å². The van der Waals surface area contributed by atoms with Gasteiger partial charge < -0.3 is 9.68 Å². The number of hydrogen-bond donors (Lipinski definition) is 0. The lowest BCUT2D eigenvalue weighted by Gasteiger charge is -2.18. The minimum Gasteiger partial charge on any atom is -0.312 e. The van der Waals surface area contributed by atoms with E-state index in [1.807, 2.05) is 0 Å². The molecule has 0 aliphatic carbocycles. The summed E-state index contributed by atoms with van der Waals surface area (Å²) < 4.78 is 0. The van der Waals surface area contributed by atoms with Gasteiger partial charge in [-0.3, -0.25) is 0 Å². The van der Waals surface area contributed by atoms with Gasteiger partial charge in [0, 0.05) is 0 Å². The summed E-state index contributed by atoms with van der Waals surface area (Å²) in [5.41, 5.74) is 0.205. The monoisotopic (exact) mass is 264 g/mol. The quantitative estimate of drug-likeness (QED) is 0.359. The minimum atomic E-state index is -0.981. The summed E-state index contributed by atoms with van der Waals surface area (Å²) in [6, 6.07) is 0. The van der Waals surface area contributed by atoms with Crippen LogP contribution in [0.1, 0.15) is 46.5 Å². The summed E-state index contributed by atoms with van der Waals surface area (Å²) in [6.45, 7) is 5.90. The van der Waals surface area contributed by atoms with Crippen molar-refractivity contribution in [2.24, 2.45) is 5.41 Å². The molecule has 18 heavy (non-hydrogen) atoms. The Morgan fingerprint density at radius 2 is 1.72 bits per heavy atom. The van der Waals surface area contributed by atoms with Gasteiger partial charge in [0.2, 0.25) is 0 Å². The Labute approximate surface area is 105 Å². The molecule has 0 N–H and O–H groups in total. The number of unbranched alkanes of at least 4 members (excludes halogenated alkanes) is 1. The van der Waals surface area contributed by atoms with Gasteiger partial charge >= 0.3 is 0 Å². The first-order chi connectivity index (χ1) is 8.20. The SMILES string of the molecule is CC(C)(C)CCCCC(CO[N+](=O)[O-])O[N+](=O)[O-]. The first kappa shape index (κ1) is 16.4. The molecule has 0 heterocycles. The van der Waals surface area contributed by atoms with E-state index in [0.29, 0.717) is 12.8 Å². The molecule has 0 aliphatic heterocycles. The molecule has 0 spiro atoms. The van der Waals surface area contributed by atoms with Crippen LogP contribution in [0.5, 0.6) is 0 Å². The van der Waals surface area contributed by atoms with Crippen LogP contribution in [0, 0.1) is 25.6 Å². The Morgan fingerprint density at radius 3 is 2.17 bits per heavy atom. The lowest BCUT2D eigenvalue weighted by molar-refractivity contribution is -0.790. The highest BCUT2D eigenvalue weighted by Crippen LogP contribution is 2.22. The predicted octanol–water partition coefficient (Wildman–Crippen LogP) is 2.38. The van der Waals surface area contributed by atoms with Crippen LogP contribution >= 0.6 is 0 Å². The van der Waals surface area contributed by atoms with Crippen molar-refractivity contribution >= 4 is 0 Å². The highest BCUT2D eigenvalue weighted by Gasteiger charge is 2.16. The molecule has 0 saturated heterocycles. The van der Waals surface area contributed by atoms with Crippen LogP contribution < -0.4 is 0 Å². The summed E-state index contributed by atoms with van der Waals surface area (Å²) in [5.74, 6) is 0. The number of rotatable bonds is 9. The molecule has 0 aliphatic rings. The van der Waals surface area contributed by atoms with E-state index in [-0.39, 0.29) is 5.41 Å². The molecule has 1 unspecified atom stereocenters. The van der Waals surface area contributed by atoms with Crippen molar-refractivity contribution in [2.75, 3.05) is 6.61 Å². The Bertz CT molecular complexity index is 276. The van der Waals surface area contributed by atoms with Crippen LogP contribution in [0.15, 0.2) is 0 Å². The number of hydrogen-bond acceptors (Lipinski definition) is 6. The maximum absolute atomic E-state index is 10.2. The van der Waals surface area contributed by atoms with Gasteiger partial charge in [0.25, 0.3) is 10.2 Å². The van der Waals surface area contributed by atoms with Gasteiger partial charge in [-0.1, -0.05) is 33.6 Å². The predicted molar refractivity (Wildman–Crippen MR) is 62.7 cm³/mol. The topological polar surface area (TPSA) is 105 Å². The van der Waals surface area contributed by atoms with Crippen molar-refractivity contribution in [1.29, 1.82) is 0 Å². The molecular formula is C10H20N2O6. The smallest absolute Gasteiger partial charge is 0.294 e. The van der Waals surface area contributed by atoms with E-state index in [0.717, 1.165) is 12.8 Å². The van der Waals surface area contributed by atoms with Crippen molar-refractivity contribution in [3.8, 4) is 0 Å². The molecule has 1 atom stereocenters. The largest absolute Gasteiger partial charge is 0.312 e. The van der Waals surface area contributed by atoms with Crippen LogP contribution in [0.4, 0.5) is 0 Å². The third-order valence-corrected chi connectivity index (χ3v) is 2.30. The molecule has 0 aromatic rings. The molecule has 0 fully saturated rings. The van der Waals surface area contributed by atoms with Gasteiger partial charge in [0.1, 0.15) is 12.7 Å². The zero-order valence-electron chi connectivity index (χ0n) is 11.0. The second kappa shape index (κ2) is 7.67. The Morgan fingerprint density at radius 1 is 1.11 bits per heavy atom. The van der Waals surface area contributed by atoms with Crippen LogP contribution in [-0.2, 0) is 9.68 Å². The lowest BCUT2D eigenvalue weighted by atomic mass is 9.89. The first-order valence-corrected chi connectivity index (χ1v) is 5.79. The zero-order valence-corrected chi connectivity index (χ0v) is 11.0. The van der Waals surface area contributed by atoms with E-state index in [1.165, 1.54) is 0 Å². The lowest BCUT2D eigenvalue weighted by Crippen LogP contribution is -2.24. The fourth-order valence-corrected chi connectivity index (χ4v) is 1.46. The van der Waals surface area contributed by atoms with Crippen LogP contribution in [0.3, 0.4) is 0 Å². The maximum atomic E-state index is 10.2. The second-order valence-corrected chi connectivity index (χ2v) is 5.28. The van der Waals surface area contributed by atoms with E-state index >= 15 is 0 Å². The molecule has 0 aromatic carbocycles. The van der Waals surface area contributed by atoms with Crippen LogP contribution in [-0.4, -0.2) is 22.9 Å². The molecule has 8 nitrogen and oxygen atoms in total. The Hall–Kier alpha value is -1.60. The average molecular weight is 264 g/mol. The first-order valence-electron chi connectivity index (χ1n) is 5.79. The third kappa shape index (κ3) is 10.9. The fourth-order valence-electron chi connectivity index (χ4n) is 1.46. The third-order valence-electron chi connectivity index (χ3n) is 2.30. The van der Waals surface area contributed by atoms with Gasteiger partial charge in [-0.15, -0.1) is 20.2 Å². The molecular weight excluding hydrogens is 244 g/mol. The summed E-state index contributed by atoms with van der Waals surface area (Å²) >= 11 is 0. The van der Waals surface area contributed by atoms with E-state index in [2.05, 4.69) is 30.4 Å². The highest BCUT2D eigenvalue weighted by molar-refractivity contribution is 4.62. The maximum Gasteiger partial charge on any atom is 0.294 e. The van der Waals surface area contributed by atoms with Gasteiger partial charge in [-0.05, 0) is 18.3 Å². The number of nitrogens with zero attached hydrogens (tertiary/aromatic N) is 2. The Balaban J connectivity index is 3.93. The van der Waals surface area contributed by atoms with E-state index in [9.17, 15) is 20.2 Å². The second-order valence-electron chi connectivity index (χ2n) is 5.28. The molecule has 0 amide bonds. The zero-order chi connectivity index (χ0) is 14.2. The summed E-state index contributed by atoms with van der Waals surface area (Å²) in [5, 5.41) is 18.3. The molecule has 0 bridgehead atoms.